The quantitative estimate of drug-likeness (QED) is 0.664. The summed E-state index contributed by atoms with van der Waals surface area (Å²) in [7, 11) is 0. The molecule has 3 nitrogen and oxygen atoms in total. The van der Waals surface area contributed by atoms with Gasteiger partial charge in [-0.3, -0.25) is 0 Å². The molecule has 0 bridgehead atoms. The van der Waals surface area contributed by atoms with Crippen LogP contribution in [0.3, 0.4) is 0 Å². The van der Waals surface area contributed by atoms with Gasteiger partial charge in [-0.2, -0.15) is 0 Å². The van der Waals surface area contributed by atoms with Crippen LogP contribution >= 0.6 is 22.6 Å². The van der Waals surface area contributed by atoms with Gasteiger partial charge in [-0.05, 0) is 47.2 Å². The molecule has 2 rings (SSSR count). The first kappa shape index (κ1) is 11.0. The summed E-state index contributed by atoms with van der Waals surface area (Å²) in [6, 6.07) is 5.94. The third kappa shape index (κ3) is 2.98. The molecule has 0 radical (unpaired) electrons. The lowest BCUT2D eigenvalue weighted by molar-refractivity contribution is 0.187. The van der Waals surface area contributed by atoms with Gasteiger partial charge in [-0.15, -0.1) is 0 Å². The minimum atomic E-state index is 0.651. The number of hydrogen-bond donors (Lipinski definition) is 2. The van der Waals surface area contributed by atoms with Gasteiger partial charge in [0.15, 0.2) is 0 Å². The number of nitrogen functional groups attached to an aromatic ring is 1. The zero-order chi connectivity index (χ0) is 10.7. The third-order valence-corrected chi connectivity index (χ3v) is 3.49. The van der Waals surface area contributed by atoms with Gasteiger partial charge in [0.2, 0.25) is 0 Å². The van der Waals surface area contributed by atoms with Gasteiger partial charge < -0.3 is 15.8 Å². The van der Waals surface area contributed by atoms with Crippen molar-refractivity contribution in [1.29, 1.82) is 0 Å². The molecule has 3 N–H and O–H groups in total. The average Bonchev–Trinajstić information content (AvgIpc) is 2.69. The van der Waals surface area contributed by atoms with Crippen LogP contribution in [-0.4, -0.2) is 19.8 Å². The molecule has 15 heavy (non-hydrogen) atoms. The molecule has 1 heterocycles. The molecule has 1 aliphatic heterocycles. The summed E-state index contributed by atoms with van der Waals surface area (Å²) in [5.74, 6) is 0.651. The maximum absolute atomic E-state index is 5.69. The van der Waals surface area contributed by atoms with Gasteiger partial charge in [0, 0.05) is 34.0 Å². The van der Waals surface area contributed by atoms with Crippen LogP contribution in [0.1, 0.15) is 6.42 Å². The van der Waals surface area contributed by atoms with Crippen molar-refractivity contribution >= 4 is 34.0 Å². The molecule has 1 saturated heterocycles. The highest BCUT2D eigenvalue weighted by atomic mass is 127. The molecule has 0 spiro atoms. The van der Waals surface area contributed by atoms with Crippen LogP contribution in [0.25, 0.3) is 0 Å². The molecule has 0 aliphatic carbocycles. The molecule has 1 atom stereocenters. The first-order valence-corrected chi connectivity index (χ1v) is 6.20. The third-order valence-electron chi connectivity index (χ3n) is 2.60. The molecule has 0 saturated carbocycles. The Hall–Kier alpha value is -0.490. The SMILES string of the molecule is Nc1ccc(NCC2CCOC2)c(I)c1. The molecule has 0 amide bonds. The zero-order valence-electron chi connectivity index (χ0n) is 8.50. The topological polar surface area (TPSA) is 47.3 Å². The minimum Gasteiger partial charge on any atom is -0.399 e. The van der Waals surface area contributed by atoms with Crippen molar-refractivity contribution < 1.29 is 4.74 Å². The molecule has 1 unspecified atom stereocenters. The van der Waals surface area contributed by atoms with E-state index in [2.05, 4.69) is 27.9 Å². The highest BCUT2D eigenvalue weighted by Crippen LogP contribution is 2.22. The lowest BCUT2D eigenvalue weighted by Crippen LogP contribution is -2.14. The summed E-state index contributed by atoms with van der Waals surface area (Å²) in [6.07, 6.45) is 1.17. The predicted molar refractivity (Wildman–Crippen MR) is 71.0 cm³/mol. The molecule has 4 heteroatoms. The van der Waals surface area contributed by atoms with Crippen LogP contribution < -0.4 is 11.1 Å². The average molecular weight is 318 g/mol. The standard InChI is InChI=1S/C11H15IN2O/c12-10-5-9(13)1-2-11(10)14-6-8-3-4-15-7-8/h1-2,5,8,14H,3-4,6-7,13H2. The van der Waals surface area contributed by atoms with E-state index in [-0.39, 0.29) is 0 Å². The van der Waals surface area contributed by atoms with Crippen molar-refractivity contribution in [2.24, 2.45) is 5.92 Å². The van der Waals surface area contributed by atoms with E-state index in [1.165, 1.54) is 9.99 Å². The number of halogens is 1. The maximum Gasteiger partial charge on any atom is 0.0511 e. The fourth-order valence-electron chi connectivity index (χ4n) is 1.67. The first-order valence-electron chi connectivity index (χ1n) is 5.12. The van der Waals surface area contributed by atoms with Gasteiger partial charge in [0.05, 0.1) is 6.61 Å². The number of ether oxygens (including phenoxy) is 1. The Bertz CT molecular complexity index is 337. The number of nitrogens with two attached hydrogens (primary N) is 1. The van der Waals surface area contributed by atoms with Crippen molar-refractivity contribution in [3.63, 3.8) is 0 Å². The number of anilines is 2. The number of hydrogen-bond acceptors (Lipinski definition) is 3. The lowest BCUT2D eigenvalue weighted by Gasteiger charge is -2.12. The van der Waals surface area contributed by atoms with Crippen LogP contribution in [0.5, 0.6) is 0 Å². The summed E-state index contributed by atoms with van der Waals surface area (Å²) >= 11 is 2.30. The Kier molecular flexibility index (Phi) is 3.69. The van der Waals surface area contributed by atoms with Crippen LogP contribution in [0.4, 0.5) is 11.4 Å². The fraction of sp³-hybridized carbons (Fsp3) is 0.455. The van der Waals surface area contributed by atoms with E-state index in [1.54, 1.807) is 0 Å². The Balaban J connectivity index is 1.92. The van der Waals surface area contributed by atoms with E-state index in [9.17, 15) is 0 Å². The monoisotopic (exact) mass is 318 g/mol. The Morgan fingerprint density at radius 3 is 3.07 bits per heavy atom. The number of rotatable bonds is 3. The summed E-state index contributed by atoms with van der Waals surface area (Å²) in [5, 5.41) is 3.44. The molecular weight excluding hydrogens is 303 g/mol. The summed E-state index contributed by atoms with van der Waals surface area (Å²) in [5.41, 5.74) is 7.67. The van der Waals surface area contributed by atoms with Gasteiger partial charge in [0.25, 0.3) is 0 Å². The van der Waals surface area contributed by atoms with E-state index in [4.69, 9.17) is 10.5 Å². The van der Waals surface area contributed by atoms with Gasteiger partial charge >= 0.3 is 0 Å². The summed E-state index contributed by atoms with van der Waals surface area (Å²) in [4.78, 5) is 0. The smallest absolute Gasteiger partial charge is 0.0511 e. The maximum atomic E-state index is 5.69. The zero-order valence-corrected chi connectivity index (χ0v) is 10.7. The van der Waals surface area contributed by atoms with Crippen molar-refractivity contribution in [3.05, 3.63) is 21.8 Å². The van der Waals surface area contributed by atoms with Gasteiger partial charge in [-0.25, -0.2) is 0 Å². The Morgan fingerprint density at radius 1 is 1.53 bits per heavy atom. The molecule has 1 aromatic carbocycles. The normalized spacial score (nSPS) is 20.5. The molecule has 1 aliphatic rings. The molecule has 1 fully saturated rings. The van der Waals surface area contributed by atoms with Crippen molar-refractivity contribution in [2.45, 2.75) is 6.42 Å². The molecule has 0 aromatic heterocycles. The first-order chi connectivity index (χ1) is 7.25. The van der Waals surface area contributed by atoms with Crippen LogP contribution in [0, 0.1) is 9.49 Å². The second-order valence-electron chi connectivity index (χ2n) is 3.85. The summed E-state index contributed by atoms with van der Waals surface area (Å²) < 4.78 is 6.51. The number of benzene rings is 1. The minimum absolute atomic E-state index is 0.651. The van der Waals surface area contributed by atoms with E-state index in [0.717, 1.165) is 31.1 Å². The molecule has 1 aromatic rings. The van der Waals surface area contributed by atoms with Crippen molar-refractivity contribution in [1.82, 2.24) is 0 Å². The van der Waals surface area contributed by atoms with Crippen molar-refractivity contribution in [3.8, 4) is 0 Å². The Morgan fingerprint density at radius 2 is 2.40 bits per heavy atom. The highest BCUT2D eigenvalue weighted by Gasteiger charge is 2.15. The second kappa shape index (κ2) is 5.03. The largest absolute Gasteiger partial charge is 0.399 e. The van der Waals surface area contributed by atoms with Crippen molar-refractivity contribution in [2.75, 3.05) is 30.8 Å². The Labute approximate surface area is 104 Å². The van der Waals surface area contributed by atoms with Crippen LogP contribution in [0.15, 0.2) is 18.2 Å². The van der Waals surface area contributed by atoms with Gasteiger partial charge in [-0.1, -0.05) is 0 Å². The van der Waals surface area contributed by atoms with E-state index in [0.29, 0.717) is 5.92 Å². The fourth-order valence-corrected chi connectivity index (χ4v) is 2.40. The van der Waals surface area contributed by atoms with E-state index < -0.39 is 0 Å². The lowest BCUT2D eigenvalue weighted by atomic mass is 10.1. The van der Waals surface area contributed by atoms with E-state index in [1.807, 2.05) is 18.2 Å². The highest BCUT2D eigenvalue weighted by molar-refractivity contribution is 14.1. The molecule has 82 valence electrons. The van der Waals surface area contributed by atoms with Gasteiger partial charge in [0.1, 0.15) is 0 Å². The number of nitrogens with one attached hydrogen (secondary N) is 1. The van der Waals surface area contributed by atoms with Crippen LogP contribution in [-0.2, 0) is 4.74 Å². The van der Waals surface area contributed by atoms with Crippen LogP contribution in [0.2, 0.25) is 0 Å². The predicted octanol–water partition coefficient (Wildman–Crippen LogP) is 2.32. The summed E-state index contributed by atoms with van der Waals surface area (Å²) in [6.45, 7) is 2.78. The molecular formula is C11H15IN2O. The second-order valence-corrected chi connectivity index (χ2v) is 5.01. The van der Waals surface area contributed by atoms with E-state index >= 15 is 0 Å².